The van der Waals surface area contributed by atoms with Crippen LogP contribution in [-0.2, 0) is 0 Å². The van der Waals surface area contributed by atoms with Crippen LogP contribution in [0.4, 0.5) is 5.95 Å². The summed E-state index contributed by atoms with van der Waals surface area (Å²) in [6.45, 7) is 9.22. The molecule has 1 aromatic rings. The average molecular weight is 280 g/mol. The summed E-state index contributed by atoms with van der Waals surface area (Å²) in [4.78, 5) is 10.9. The summed E-state index contributed by atoms with van der Waals surface area (Å²) < 4.78 is 5.48. The maximum atomic E-state index is 5.48. The van der Waals surface area contributed by atoms with E-state index >= 15 is 0 Å². The molecule has 0 amide bonds. The van der Waals surface area contributed by atoms with E-state index in [1.807, 2.05) is 0 Å². The molecule has 0 unspecified atom stereocenters. The number of nitrogens with one attached hydrogen (secondary N) is 1. The monoisotopic (exact) mass is 280 g/mol. The average Bonchev–Trinajstić information content (AvgIpc) is 2.45. The molecule has 0 atom stereocenters. The summed E-state index contributed by atoms with van der Waals surface area (Å²) in [6.07, 6.45) is 5.00. The van der Waals surface area contributed by atoms with Crippen LogP contribution in [0.1, 0.15) is 40.0 Å². The van der Waals surface area contributed by atoms with Gasteiger partial charge in [0.1, 0.15) is 0 Å². The topological polar surface area (TPSA) is 50.3 Å². The Morgan fingerprint density at radius 3 is 2.85 bits per heavy atom. The lowest BCUT2D eigenvalue weighted by atomic mass is 10.2. The van der Waals surface area contributed by atoms with Gasteiger partial charge in [0, 0.05) is 24.8 Å². The molecule has 0 aliphatic carbocycles. The summed E-state index contributed by atoms with van der Waals surface area (Å²) in [5.41, 5.74) is 0. The molecule has 1 heterocycles. The number of aromatic nitrogens is 2. The zero-order chi connectivity index (χ0) is 14.8. The fourth-order valence-corrected chi connectivity index (χ4v) is 1.66. The Hall–Kier alpha value is -1.36. The van der Waals surface area contributed by atoms with Gasteiger partial charge in [-0.05, 0) is 46.7 Å². The van der Waals surface area contributed by atoms with Gasteiger partial charge in [-0.15, -0.1) is 0 Å². The fraction of sp³-hybridized carbons (Fsp3) is 0.733. The normalized spacial score (nSPS) is 11.1. The van der Waals surface area contributed by atoms with E-state index in [0.29, 0.717) is 24.5 Å². The standard InChI is InChI=1S/C15H28N4O/c1-5-12-20-14-8-10-17-15(18-14)16-9-6-7-11-19(4)13(2)3/h8,10,13H,5-7,9,11-12H2,1-4H3,(H,16,17,18). The van der Waals surface area contributed by atoms with Crippen molar-refractivity contribution in [2.75, 3.05) is 32.1 Å². The second-order valence-electron chi connectivity index (χ2n) is 5.28. The predicted molar refractivity (Wildman–Crippen MR) is 83.3 cm³/mol. The lowest BCUT2D eigenvalue weighted by Crippen LogP contribution is -2.27. The first-order valence-electron chi connectivity index (χ1n) is 7.53. The molecule has 5 heteroatoms. The molecule has 20 heavy (non-hydrogen) atoms. The van der Waals surface area contributed by atoms with Crippen molar-refractivity contribution in [1.29, 1.82) is 0 Å². The van der Waals surface area contributed by atoms with Crippen molar-refractivity contribution in [3.05, 3.63) is 12.3 Å². The van der Waals surface area contributed by atoms with Gasteiger partial charge in [0.25, 0.3) is 0 Å². The molecule has 0 spiro atoms. The van der Waals surface area contributed by atoms with Crippen molar-refractivity contribution in [2.45, 2.75) is 46.1 Å². The molecule has 0 aliphatic heterocycles. The maximum Gasteiger partial charge on any atom is 0.225 e. The minimum absolute atomic E-state index is 0.610. The second-order valence-corrected chi connectivity index (χ2v) is 5.28. The molecule has 0 saturated carbocycles. The van der Waals surface area contributed by atoms with E-state index in [-0.39, 0.29) is 0 Å². The Morgan fingerprint density at radius 1 is 1.35 bits per heavy atom. The van der Waals surface area contributed by atoms with Crippen LogP contribution in [-0.4, -0.2) is 47.7 Å². The molecule has 1 N–H and O–H groups in total. The number of anilines is 1. The first kappa shape index (κ1) is 16.7. The van der Waals surface area contributed by atoms with E-state index in [0.717, 1.165) is 25.9 Å². The Balaban J connectivity index is 2.21. The van der Waals surface area contributed by atoms with Gasteiger partial charge in [0.15, 0.2) is 0 Å². The molecule has 0 bridgehead atoms. The van der Waals surface area contributed by atoms with Crippen LogP contribution in [0.15, 0.2) is 12.3 Å². The van der Waals surface area contributed by atoms with Crippen LogP contribution in [0.2, 0.25) is 0 Å². The van der Waals surface area contributed by atoms with Crippen LogP contribution in [0.3, 0.4) is 0 Å². The zero-order valence-corrected chi connectivity index (χ0v) is 13.2. The third-order valence-electron chi connectivity index (χ3n) is 3.19. The third-order valence-corrected chi connectivity index (χ3v) is 3.19. The first-order valence-corrected chi connectivity index (χ1v) is 7.53. The molecule has 0 aliphatic rings. The predicted octanol–water partition coefficient (Wildman–Crippen LogP) is 2.80. The number of hydrogen-bond donors (Lipinski definition) is 1. The van der Waals surface area contributed by atoms with Gasteiger partial charge in [-0.25, -0.2) is 4.98 Å². The molecule has 1 rings (SSSR count). The Kier molecular flexibility index (Phi) is 7.95. The number of ether oxygens (including phenoxy) is 1. The van der Waals surface area contributed by atoms with E-state index < -0.39 is 0 Å². The minimum Gasteiger partial charge on any atom is -0.478 e. The van der Waals surface area contributed by atoms with Crippen LogP contribution >= 0.6 is 0 Å². The third kappa shape index (κ3) is 6.70. The summed E-state index contributed by atoms with van der Waals surface area (Å²) in [5, 5.41) is 3.24. The van der Waals surface area contributed by atoms with Crippen molar-refractivity contribution >= 4 is 5.95 Å². The lowest BCUT2D eigenvalue weighted by molar-refractivity contribution is 0.269. The molecule has 0 aromatic carbocycles. The number of rotatable bonds is 10. The SMILES string of the molecule is CCCOc1ccnc(NCCCCN(C)C(C)C)n1. The largest absolute Gasteiger partial charge is 0.478 e. The fourth-order valence-electron chi connectivity index (χ4n) is 1.66. The minimum atomic E-state index is 0.610. The number of unbranched alkanes of at least 4 members (excludes halogenated alkanes) is 1. The van der Waals surface area contributed by atoms with E-state index in [9.17, 15) is 0 Å². The number of nitrogens with zero attached hydrogens (tertiary/aromatic N) is 3. The Bertz CT molecular complexity index is 371. The van der Waals surface area contributed by atoms with Crippen molar-refractivity contribution in [1.82, 2.24) is 14.9 Å². The van der Waals surface area contributed by atoms with E-state index in [4.69, 9.17) is 4.74 Å². The zero-order valence-electron chi connectivity index (χ0n) is 13.2. The summed E-state index contributed by atoms with van der Waals surface area (Å²) >= 11 is 0. The maximum absolute atomic E-state index is 5.48. The summed E-state index contributed by atoms with van der Waals surface area (Å²) in [5.74, 6) is 1.29. The molecule has 1 aromatic heterocycles. The van der Waals surface area contributed by atoms with Gasteiger partial charge in [0.05, 0.1) is 6.61 Å². The van der Waals surface area contributed by atoms with Crippen molar-refractivity contribution in [2.24, 2.45) is 0 Å². The van der Waals surface area contributed by atoms with E-state index in [1.54, 1.807) is 12.3 Å². The molecule has 0 fully saturated rings. The molecule has 0 radical (unpaired) electrons. The van der Waals surface area contributed by atoms with Gasteiger partial charge < -0.3 is 15.0 Å². The highest BCUT2D eigenvalue weighted by Crippen LogP contribution is 2.08. The van der Waals surface area contributed by atoms with Gasteiger partial charge in [-0.2, -0.15) is 4.98 Å². The lowest BCUT2D eigenvalue weighted by Gasteiger charge is -2.20. The van der Waals surface area contributed by atoms with Crippen molar-refractivity contribution in [3.8, 4) is 5.88 Å². The second kappa shape index (κ2) is 9.53. The Labute approximate surface area is 122 Å². The quantitative estimate of drug-likeness (QED) is 0.668. The first-order chi connectivity index (χ1) is 9.63. The highest BCUT2D eigenvalue weighted by atomic mass is 16.5. The van der Waals surface area contributed by atoms with Crippen molar-refractivity contribution in [3.63, 3.8) is 0 Å². The highest BCUT2D eigenvalue weighted by Gasteiger charge is 2.02. The molecule has 5 nitrogen and oxygen atoms in total. The van der Waals surface area contributed by atoms with Gasteiger partial charge in [-0.1, -0.05) is 6.92 Å². The molecule has 0 saturated heterocycles. The van der Waals surface area contributed by atoms with Crippen LogP contribution < -0.4 is 10.1 Å². The van der Waals surface area contributed by atoms with Crippen molar-refractivity contribution < 1.29 is 4.74 Å². The summed E-state index contributed by atoms with van der Waals surface area (Å²) in [7, 11) is 2.16. The van der Waals surface area contributed by atoms with Crippen LogP contribution in [0, 0.1) is 0 Å². The van der Waals surface area contributed by atoms with Gasteiger partial charge >= 0.3 is 0 Å². The van der Waals surface area contributed by atoms with Crippen LogP contribution in [0.5, 0.6) is 5.88 Å². The van der Waals surface area contributed by atoms with Gasteiger partial charge in [0.2, 0.25) is 11.8 Å². The van der Waals surface area contributed by atoms with E-state index in [2.05, 4.69) is 48.0 Å². The number of hydrogen-bond acceptors (Lipinski definition) is 5. The van der Waals surface area contributed by atoms with E-state index in [1.165, 1.54) is 6.42 Å². The molecular weight excluding hydrogens is 252 g/mol. The molecule has 114 valence electrons. The highest BCUT2D eigenvalue weighted by molar-refractivity contribution is 5.27. The smallest absolute Gasteiger partial charge is 0.225 e. The van der Waals surface area contributed by atoms with Gasteiger partial charge in [-0.3, -0.25) is 0 Å². The van der Waals surface area contributed by atoms with Crippen LogP contribution in [0.25, 0.3) is 0 Å². The Morgan fingerprint density at radius 2 is 2.15 bits per heavy atom. The molecular formula is C15H28N4O. The summed E-state index contributed by atoms with van der Waals surface area (Å²) in [6, 6.07) is 2.40.